The standard InChI is InChI=1S/C25H17N3.C9H5BrClN.C8H8BNO2/c1-2-18(17-3-5-23-19(13-17)8-10-26-23)15-22-16(1)7-12-28-25(22)21-4-6-24-20(14-21)9-11-27-24;10-7-2-1-6-3-4-12-9(11)8(6)5-7;11-9(12)7-1-2-8-6(5-7)3-4-10-8/h1-15,26-27H;1-5H;1-5,10-12H. The van der Waals surface area contributed by atoms with E-state index in [4.69, 9.17) is 26.6 Å². The lowest BCUT2D eigenvalue weighted by Crippen LogP contribution is -2.29. The van der Waals surface area contributed by atoms with Crippen molar-refractivity contribution < 1.29 is 10.0 Å². The first-order chi connectivity index (χ1) is 25.4. The van der Waals surface area contributed by atoms with Gasteiger partial charge >= 0.3 is 7.12 Å². The molecule has 0 radical (unpaired) electrons. The predicted molar refractivity (Wildman–Crippen MR) is 219 cm³/mol. The lowest BCUT2D eigenvalue weighted by atomic mass is 9.80. The largest absolute Gasteiger partial charge is 0.488 e. The van der Waals surface area contributed by atoms with Gasteiger partial charge in [0.25, 0.3) is 0 Å². The molecule has 252 valence electrons. The Kier molecular flexibility index (Phi) is 9.32. The van der Waals surface area contributed by atoms with E-state index in [2.05, 4.69) is 109 Å². The smallest absolute Gasteiger partial charge is 0.423 e. The first-order valence-corrected chi connectivity index (χ1v) is 17.7. The SMILES string of the molecule is Clc1nccc2ccc(Br)cc12.OB(O)c1ccc2[nH]ccc2c1.c1cc2ccc(-c3ccc4[nH]ccc4c3)cc2c(-c2ccc3[nH]ccc3c2)n1. The van der Waals surface area contributed by atoms with Crippen LogP contribution in [0.1, 0.15) is 0 Å². The van der Waals surface area contributed by atoms with Crippen LogP contribution >= 0.6 is 27.5 Å². The number of aromatic amines is 3. The molecule has 5 N–H and O–H groups in total. The van der Waals surface area contributed by atoms with Gasteiger partial charge in [0.05, 0.1) is 5.69 Å². The van der Waals surface area contributed by atoms with Crippen LogP contribution in [0, 0.1) is 0 Å². The van der Waals surface area contributed by atoms with Crippen molar-refractivity contribution in [3.63, 3.8) is 0 Å². The molecule has 5 aromatic heterocycles. The van der Waals surface area contributed by atoms with Crippen LogP contribution in [0.5, 0.6) is 0 Å². The zero-order valence-electron chi connectivity index (χ0n) is 27.6. The van der Waals surface area contributed by atoms with Crippen LogP contribution in [-0.2, 0) is 0 Å². The van der Waals surface area contributed by atoms with Crippen LogP contribution in [0.25, 0.3) is 76.6 Å². The van der Waals surface area contributed by atoms with E-state index in [1.54, 1.807) is 18.3 Å². The highest BCUT2D eigenvalue weighted by molar-refractivity contribution is 9.10. The number of halogens is 2. The molecule has 7 nitrogen and oxygen atoms in total. The fourth-order valence-corrected chi connectivity index (χ4v) is 6.93. The summed E-state index contributed by atoms with van der Waals surface area (Å²) in [7, 11) is -1.38. The maximum Gasteiger partial charge on any atom is 0.488 e. The Labute approximate surface area is 312 Å². The third-order valence-corrected chi connectivity index (χ3v) is 9.83. The van der Waals surface area contributed by atoms with Crippen molar-refractivity contribution in [2.24, 2.45) is 0 Å². The van der Waals surface area contributed by atoms with Crippen molar-refractivity contribution in [2.75, 3.05) is 0 Å². The van der Waals surface area contributed by atoms with Gasteiger partial charge in [-0.05, 0) is 117 Å². The lowest BCUT2D eigenvalue weighted by Gasteiger charge is -2.09. The average Bonchev–Trinajstić information content (AvgIpc) is 3.96. The van der Waals surface area contributed by atoms with Gasteiger partial charge in [0.1, 0.15) is 5.15 Å². The third kappa shape index (κ3) is 6.95. The number of rotatable bonds is 3. The number of nitrogens with one attached hydrogen (secondary N) is 3. The molecule has 0 saturated carbocycles. The minimum absolute atomic E-state index is 0.516. The van der Waals surface area contributed by atoms with Gasteiger partial charge in [-0.2, -0.15) is 0 Å². The molecular formula is C42H30BBrClN5O2. The molecule has 0 bridgehead atoms. The van der Waals surface area contributed by atoms with Crippen molar-refractivity contribution in [2.45, 2.75) is 0 Å². The number of hydrogen-bond donors (Lipinski definition) is 5. The van der Waals surface area contributed by atoms with E-state index in [1.807, 2.05) is 61.2 Å². The molecule has 0 aliphatic rings. The topological polar surface area (TPSA) is 114 Å². The van der Waals surface area contributed by atoms with Gasteiger partial charge in [-0.15, -0.1) is 0 Å². The van der Waals surface area contributed by atoms with Gasteiger partial charge < -0.3 is 25.0 Å². The number of aromatic nitrogens is 5. The minimum Gasteiger partial charge on any atom is -0.423 e. The van der Waals surface area contributed by atoms with Gasteiger partial charge in [0.2, 0.25) is 0 Å². The first-order valence-electron chi connectivity index (χ1n) is 16.6. The van der Waals surface area contributed by atoms with Crippen LogP contribution in [0.4, 0.5) is 0 Å². The van der Waals surface area contributed by atoms with Crippen LogP contribution < -0.4 is 5.46 Å². The number of nitrogens with zero attached hydrogens (tertiary/aromatic N) is 2. The maximum absolute atomic E-state index is 8.87. The van der Waals surface area contributed by atoms with Crippen LogP contribution in [0.2, 0.25) is 5.15 Å². The van der Waals surface area contributed by atoms with E-state index in [-0.39, 0.29) is 0 Å². The van der Waals surface area contributed by atoms with Crippen molar-refractivity contribution >= 4 is 94.4 Å². The summed E-state index contributed by atoms with van der Waals surface area (Å²) >= 11 is 9.28. The molecule has 0 fully saturated rings. The molecule has 0 spiro atoms. The number of hydrogen-bond acceptors (Lipinski definition) is 4. The summed E-state index contributed by atoms with van der Waals surface area (Å²) in [5.74, 6) is 0. The van der Waals surface area contributed by atoms with E-state index in [0.717, 1.165) is 48.4 Å². The molecule has 10 rings (SSSR count). The summed E-state index contributed by atoms with van der Waals surface area (Å²) in [6, 6.07) is 41.0. The highest BCUT2D eigenvalue weighted by Gasteiger charge is 2.11. The Hall–Kier alpha value is -5.71. The van der Waals surface area contributed by atoms with Crippen LogP contribution in [-0.4, -0.2) is 42.1 Å². The summed E-state index contributed by atoms with van der Waals surface area (Å²) in [6.45, 7) is 0. The molecule has 0 aliphatic heterocycles. The van der Waals surface area contributed by atoms with Crippen LogP contribution in [0.15, 0.2) is 157 Å². The molecule has 0 amide bonds. The fraction of sp³-hybridized carbons (Fsp3) is 0. The first kappa shape index (κ1) is 33.4. The zero-order chi connectivity index (χ0) is 35.6. The monoisotopic (exact) mass is 761 g/mol. The number of fused-ring (bicyclic) bond motifs is 5. The predicted octanol–water partition coefficient (Wildman–Crippen LogP) is 10.0. The lowest BCUT2D eigenvalue weighted by molar-refractivity contribution is 0.426. The maximum atomic E-state index is 8.87. The van der Waals surface area contributed by atoms with Gasteiger partial charge in [-0.3, -0.25) is 4.98 Å². The quantitative estimate of drug-likeness (QED) is 0.0911. The molecule has 5 aromatic carbocycles. The summed E-state index contributed by atoms with van der Waals surface area (Å²) < 4.78 is 1.02. The Balaban J connectivity index is 0.000000133. The van der Waals surface area contributed by atoms with Gasteiger partial charge in [0, 0.05) is 73.7 Å². The van der Waals surface area contributed by atoms with Gasteiger partial charge in [0.15, 0.2) is 0 Å². The summed E-state index contributed by atoms with van der Waals surface area (Å²) in [4.78, 5) is 18.3. The fourth-order valence-electron chi connectivity index (χ4n) is 6.35. The van der Waals surface area contributed by atoms with Crippen molar-refractivity contribution in [1.82, 2.24) is 24.9 Å². The molecule has 0 unspecified atom stereocenters. The minimum atomic E-state index is -1.38. The van der Waals surface area contributed by atoms with E-state index < -0.39 is 7.12 Å². The summed E-state index contributed by atoms with van der Waals surface area (Å²) in [6.07, 6.45) is 9.37. The summed E-state index contributed by atoms with van der Waals surface area (Å²) in [5.41, 5.74) is 8.39. The molecule has 10 heteroatoms. The second-order valence-corrected chi connectivity index (χ2v) is 13.6. The van der Waals surface area contributed by atoms with Crippen molar-refractivity contribution in [3.05, 3.63) is 162 Å². The molecular weight excluding hydrogens is 733 g/mol. The zero-order valence-corrected chi connectivity index (χ0v) is 29.9. The van der Waals surface area contributed by atoms with Gasteiger partial charge in [-0.25, -0.2) is 4.98 Å². The third-order valence-electron chi connectivity index (χ3n) is 9.03. The molecule has 5 heterocycles. The highest BCUT2D eigenvalue weighted by Crippen LogP contribution is 2.33. The van der Waals surface area contributed by atoms with E-state index in [9.17, 15) is 0 Å². The second-order valence-electron chi connectivity index (χ2n) is 12.3. The van der Waals surface area contributed by atoms with E-state index in [1.165, 1.54) is 32.7 Å². The Bertz CT molecular complexity index is 2850. The number of pyridine rings is 2. The molecule has 0 aliphatic carbocycles. The number of benzene rings is 5. The average molecular weight is 763 g/mol. The number of H-pyrrole nitrogens is 3. The molecule has 10 aromatic rings. The van der Waals surface area contributed by atoms with Crippen molar-refractivity contribution in [1.29, 1.82) is 0 Å². The molecule has 52 heavy (non-hydrogen) atoms. The van der Waals surface area contributed by atoms with Crippen molar-refractivity contribution in [3.8, 4) is 22.4 Å². The Morgan fingerprint density at radius 2 is 1.04 bits per heavy atom. The second kappa shape index (κ2) is 14.5. The van der Waals surface area contributed by atoms with Crippen LogP contribution in [0.3, 0.4) is 0 Å². The highest BCUT2D eigenvalue weighted by atomic mass is 79.9. The molecule has 0 saturated heterocycles. The Morgan fingerprint density at radius 3 is 1.73 bits per heavy atom. The van der Waals surface area contributed by atoms with Gasteiger partial charge in [-0.1, -0.05) is 70.0 Å². The Morgan fingerprint density at radius 1 is 0.500 bits per heavy atom. The van der Waals surface area contributed by atoms with E-state index >= 15 is 0 Å². The summed E-state index contributed by atoms with van der Waals surface area (Å²) in [5, 5.41) is 26.2. The molecule has 0 atom stereocenters. The van der Waals surface area contributed by atoms with E-state index in [0.29, 0.717) is 10.6 Å². The normalized spacial score (nSPS) is 11.1.